The molecule has 0 unspecified atom stereocenters. The van der Waals surface area contributed by atoms with E-state index < -0.39 is 0 Å². The van der Waals surface area contributed by atoms with E-state index in [0.717, 1.165) is 37.2 Å². The molecule has 86 valence electrons. The first-order chi connectivity index (χ1) is 7.81. The first-order valence-corrected chi connectivity index (χ1v) is 5.67. The lowest BCUT2D eigenvalue weighted by Crippen LogP contribution is -2.35. The Kier molecular flexibility index (Phi) is 3.41. The van der Waals surface area contributed by atoms with E-state index in [2.05, 4.69) is 10.6 Å². The summed E-state index contributed by atoms with van der Waals surface area (Å²) in [4.78, 5) is 0. The maximum Gasteiger partial charge on any atom is 0.0452 e. The number of hydrogen-bond acceptors (Lipinski definition) is 4. The normalized spacial score (nSPS) is 17.0. The predicted molar refractivity (Wildman–Crippen MR) is 68.3 cm³/mol. The third-order valence-corrected chi connectivity index (χ3v) is 2.98. The van der Waals surface area contributed by atoms with E-state index in [1.54, 1.807) is 0 Å². The van der Waals surface area contributed by atoms with Gasteiger partial charge in [-0.05, 0) is 38.1 Å². The molecule has 0 radical (unpaired) electrons. The van der Waals surface area contributed by atoms with Crippen LogP contribution in [-0.4, -0.2) is 25.3 Å². The van der Waals surface area contributed by atoms with Gasteiger partial charge in [0.25, 0.3) is 0 Å². The van der Waals surface area contributed by atoms with E-state index in [4.69, 9.17) is 11.1 Å². The zero-order valence-corrected chi connectivity index (χ0v) is 9.29. The standard InChI is InChI=1S/C12H18N4/c13-8-10-11(14)2-1-3-12(10)16-9-4-6-15-7-5-9/h1-3,8-9,13,15-16H,4-7,14H2. The van der Waals surface area contributed by atoms with Crippen molar-refractivity contribution in [2.75, 3.05) is 24.1 Å². The summed E-state index contributed by atoms with van der Waals surface area (Å²) < 4.78 is 0. The maximum atomic E-state index is 7.39. The van der Waals surface area contributed by atoms with Crippen LogP contribution in [0.5, 0.6) is 0 Å². The highest BCUT2D eigenvalue weighted by Crippen LogP contribution is 2.22. The van der Waals surface area contributed by atoms with Gasteiger partial charge in [-0.3, -0.25) is 0 Å². The fraction of sp³-hybridized carbons (Fsp3) is 0.417. The number of nitrogens with two attached hydrogens (primary N) is 1. The Bertz CT molecular complexity index is 369. The van der Waals surface area contributed by atoms with Crippen molar-refractivity contribution in [2.45, 2.75) is 18.9 Å². The molecule has 1 aromatic rings. The number of anilines is 2. The number of rotatable bonds is 3. The lowest BCUT2D eigenvalue weighted by atomic mass is 10.0. The molecule has 0 saturated carbocycles. The average Bonchev–Trinajstić information content (AvgIpc) is 2.31. The fourth-order valence-corrected chi connectivity index (χ4v) is 2.06. The largest absolute Gasteiger partial charge is 0.398 e. The minimum Gasteiger partial charge on any atom is -0.398 e. The van der Waals surface area contributed by atoms with Gasteiger partial charge >= 0.3 is 0 Å². The second-order valence-corrected chi connectivity index (χ2v) is 4.12. The van der Waals surface area contributed by atoms with Crippen molar-refractivity contribution in [1.82, 2.24) is 5.32 Å². The molecule has 1 heterocycles. The van der Waals surface area contributed by atoms with Crippen molar-refractivity contribution >= 4 is 17.6 Å². The van der Waals surface area contributed by atoms with Crippen molar-refractivity contribution in [2.24, 2.45) is 0 Å². The van der Waals surface area contributed by atoms with Gasteiger partial charge in [0.1, 0.15) is 0 Å². The van der Waals surface area contributed by atoms with Gasteiger partial charge in [-0.2, -0.15) is 0 Å². The van der Waals surface area contributed by atoms with E-state index >= 15 is 0 Å². The summed E-state index contributed by atoms with van der Waals surface area (Å²) in [7, 11) is 0. The van der Waals surface area contributed by atoms with Gasteiger partial charge in [-0.15, -0.1) is 0 Å². The van der Waals surface area contributed by atoms with Crippen LogP contribution in [0.3, 0.4) is 0 Å². The summed E-state index contributed by atoms with van der Waals surface area (Å²) in [6.07, 6.45) is 3.55. The predicted octanol–water partition coefficient (Wildman–Crippen LogP) is 1.43. The van der Waals surface area contributed by atoms with E-state index in [1.165, 1.54) is 6.21 Å². The third-order valence-electron chi connectivity index (χ3n) is 2.98. The Morgan fingerprint density at radius 2 is 2.12 bits per heavy atom. The molecule has 1 saturated heterocycles. The Labute approximate surface area is 95.7 Å². The lowest BCUT2D eigenvalue weighted by molar-refractivity contribution is 0.479. The first kappa shape index (κ1) is 11.0. The molecule has 0 aromatic heterocycles. The monoisotopic (exact) mass is 218 g/mol. The quantitative estimate of drug-likeness (QED) is 0.458. The van der Waals surface area contributed by atoms with Crippen molar-refractivity contribution in [3.63, 3.8) is 0 Å². The molecule has 0 atom stereocenters. The van der Waals surface area contributed by atoms with E-state index in [-0.39, 0.29) is 0 Å². The molecule has 0 amide bonds. The number of hydrogen-bond donors (Lipinski definition) is 4. The molecule has 5 N–H and O–H groups in total. The Hall–Kier alpha value is -1.55. The van der Waals surface area contributed by atoms with Crippen LogP contribution in [0.2, 0.25) is 0 Å². The number of benzene rings is 1. The summed E-state index contributed by atoms with van der Waals surface area (Å²) in [5, 5.41) is 14.2. The molecule has 0 bridgehead atoms. The molecule has 16 heavy (non-hydrogen) atoms. The second kappa shape index (κ2) is 4.99. The minimum absolute atomic E-state index is 0.488. The highest BCUT2D eigenvalue weighted by atomic mass is 15.0. The minimum atomic E-state index is 0.488. The Morgan fingerprint density at radius 3 is 2.81 bits per heavy atom. The number of nitrogen functional groups attached to an aromatic ring is 1. The summed E-state index contributed by atoms with van der Waals surface area (Å²) in [6.45, 7) is 2.11. The topological polar surface area (TPSA) is 73.9 Å². The van der Waals surface area contributed by atoms with Gasteiger partial charge < -0.3 is 21.8 Å². The summed E-state index contributed by atoms with van der Waals surface area (Å²) >= 11 is 0. The van der Waals surface area contributed by atoms with Crippen LogP contribution in [0.15, 0.2) is 18.2 Å². The van der Waals surface area contributed by atoms with Gasteiger partial charge in [0.2, 0.25) is 0 Å². The van der Waals surface area contributed by atoms with Gasteiger partial charge in [0.15, 0.2) is 0 Å². The highest BCUT2D eigenvalue weighted by Gasteiger charge is 2.14. The van der Waals surface area contributed by atoms with E-state index in [9.17, 15) is 0 Å². The number of nitrogens with one attached hydrogen (secondary N) is 3. The van der Waals surface area contributed by atoms with Crippen molar-refractivity contribution < 1.29 is 0 Å². The van der Waals surface area contributed by atoms with Crippen LogP contribution in [0.1, 0.15) is 18.4 Å². The summed E-state index contributed by atoms with van der Waals surface area (Å²) in [6, 6.07) is 6.22. The van der Waals surface area contributed by atoms with Crippen molar-refractivity contribution in [1.29, 1.82) is 5.41 Å². The van der Waals surface area contributed by atoms with Crippen LogP contribution < -0.4 is 16.4 Å². The van der Waals surface area contributed by atoms with Crippen molar-refractivity contribution in [3.8, 4) is 0 Å². The van der Waals surface area contributed by atoms with Crippen LogP contribution in [0, 0.1) is 5.41 Å². The maximum absolute atomic E-state index is 7.39. The highest BCUT2D eigenvalue weighted by molar-refractivity contribution is 5.92. The lowest BCUT2D eigenvalue weighted by Gasteiger charge is -2.25. The molecule has 1 fully saturated rings. The van der Waals surface area contributed by atoms with Crippen LogP contribution >= 0.6 is 0 Å². The second-order valence-electron chi connectivity index (χ2n) is 4.12. The smallest absolute Gasteiger partial charge is 0.0452 e. The number of piperidine rings is 1. The molecule has 4 nitrogen and oxygen atoms in total. The van der Waals surface area contributed by atoms with Gasteiger partial charge in [0, 0.05) is 29.2 Å². The van der Waals surface area contributed by atoms with Gasteiger partial charge in [-0.1, -0.05) is 6.07 Å². The van der Waals surface area contributed by atoms with E-state index in [0.29, 0.717) is 11.7 Å². The van der Waals surface area contributed by atoms with Crippen LogP contribution in [0.4, 0.5) is 11.4 Å². The summed E-state index contributed by atoms with van der Waals surface area (Å²) in [5.41, 5.74) is 8.26. The van der Waals surface area contributed by atoms with Gasteiger partial charge in [-0.25, -0.2) is 0 Å². The zero-order chi connectivity index (χ0) is 11.4. The fourth-order valence-electron chi connectivity index (χ4n) is 2.06. The van der Waals surface area contributed by atoms with E-state index in [1.807, 2.05) is 18.2 Å². The average molecular weight is 218 g/mol. The molecule has 1 aromatic carbocycles. The van der Waals surface area contributed by atoms with Crippen LogP contribution in [-0.2, 0) is 0 Å². The van der Waals surface area contributed by atoms with Crippen LogP contribution in [0.25, 0.3) is 0 Å². The molecule has 2 rings (SSSR count). The Morgan fingerprint density at radius 1 is 1.38 bits per heavy atom. The molecule has 1 aliphatic rings. The summed E-state index contributed by atoms with van der Waals surface area (Å²) in [5.74, 6) is 0. The zero-order valence-electron chi connectivity index (χ0n) is 9.29. The molecule has 1 aliphatic heterocycles. The van der Waals surface area contributed by atoms with Gasteiger partial charge in [0.05, 0.1) is 0 Å². The van der Waals surface area contributed by atoms with Crippen molar-refractivity contribution in [3.05, 3.63) is 23.8 Å². The SMILES string of the molecule is N=Cc1c(N)cccc1NC1CCNCC1. The molecular weight excluding hydrogens is 200 g/mol. The molecule has 0 aliphatic carbocycles. The Balaban J connectivity index is 2.13. The third kappa shape index (κ3) is 2.33. The molecular formula is C12H18N4. The molecule has 4 heteroatoms. The first-order valence-electron chi connectivity index (χ1n) is 5.67. The molecule has 0 spiro atoms.